The number of nitrogens with zero attached hydrogens (tertiary/aromatic N) is 2. The molecule has 1 N–H and O–H groups in total. The minimum Gasteiger partial charge on any atom is -0.497 e. The summed E-state index contributed by atoms with van der Waals surface area (Å²) in [4.78, 5) is 22.0. The summed E-state index contributed by atoms with van der Waals surface area (Å²) in [5, 5.41) is 10.3. The highest BCUT2D eigenvalue weighted by atomic mass is 32.1. The SMILES string of the molecule is COc1ccc(C=C(C#N)c2nc3sc4c(c3c(=O)[nH]2)CCCC4)cc1. The van der Waals surface area contributed by atoms with Crippen LogP contribution in [0.4, 0.5) is 0 Å². The number of hydrogen-bond acceptors (Lipinski definition) is 5. The van der Waals surface area contributed by atoms with Gasteiger partial charge in [0, 0.05) is 4.88 Å². The fraction of sp³-hybridized carbons (Fsp3) is 0.250. The zero-order valence-corrected chi connectivity index (χ0v) is 15.2. The molecular weight excluding hydrogens is 346 g/mol. The summed E-state index contributed by atoms with van der Waals surface area (Å²) < 4.78 is 5.14. The topological polar surface area (TPSA) is 78.8 Å². The van der Waals surface area contributed by atoms with Gasteiger partial charge in [0.25, 0.3) is 5.56 Å². The number of aromatic amines is 1. The molecule has 1 aromatic carbocycles. The van der Waals surface area contributed by atoms with Gasteiger partial charge in [0.15, 0.2) is 5.82 Å². The zero-order chi connectivity index (χ0) is 18.1. The number of hydrogen-bond donors (Lipinski definition) is 1. The van der Waals surface area contributed by atoms with Crippen LogP contribution in [0.15, 0.2) is 29.1 Å². The molecule has 5 nitrogen and oxygen atoms in total. The first-order valence-electron chi connectivity index (χ1n) is 8.50. The van der Waals surface area contributed by atoms with Crippen LogP contribution < -0.4 is 10.3 Å². The normalized spacial score (nSPS) is 14.1. The largest absolute Gasteiger partial charge is 0.497 e. The highest BCUT2D eigenvalue weighted by Crippen LogP contribution is 2.34. The molecule has 0 aliphatic heterocycles. The monoisotopic (exact) mass is 363 g/mol. The Labute approximate surface area is 154 Å². The van der Waals surface area contributed by atoms with Gasteiger partial charge in [0.1, 0.15) is 16.6 Å². The van der Waals surface area contributed by atoms with Crippen molar-refractivity contribution in [1.82, 2.24) is 9.97 Å². The Morgan fingerprint density at radius 3 is 2.81 bits per heavy atom. The first-order valence-corrected chi connectivity index (χ1v) is 9.32. The Bertz CT molecular complexity index is 1100. The standard InChI is InChI=1S/C20H17N3O2S/c1-25-14-8-6-12(7-9-14)10-13(11-21)18-22-19(24)17-15-4-2-3-5-16(15)26-20(17)23-18/h6-10H,2-5H2,1H3,(H,22,23,24). The molecule has 0 radical (unpaired) electrons. The molecule has 0 amide bonds. The number of rotatable bonds is 3. The maximum atomic E-state index is 12.6. The molecule has 1 aliphatic rings. The van der Waals surface area contributed by atoms with Gasteiger partial charge in [-0.05, 0) is 55.0 Å². The van der Waals surface area contributed by atoms with Crippen molar-refractivity contribution in [2.45, 2.75) is 25.7 Å². The van der Waals surface area contributed by atoms with E-state index in [4.69, 9.17) is 4.74 Å². The van der Waals surface area contributed by atoms with Crippen molar-refractivity contribution in [2.75, 3.05) is 7.11 Å². The van der Waals surface area contributed by atoms with E-state index in [2.05, 4.69) is 16.0 Å². The highest BCUT2D eigenvalue weighted by molar-refractivity contribution is 7.18. The van der Waals surface area contributed by atoms with E-state index in [-0.39, 0.29) is 5.56 Å². The molecule has 2 heterocycles. The Morgan fingerprint density at radius 2 is 2.08 bits per heavy atom. The van der Waals surface area contributed by atoms with E-state index in [0.29, 0.717) is 16.8 Å². The van der Waals surface area contributed by atoms with Gasteiger partial charge in [0.2, 0.25) is 0 Å². The molecule has 3 aromatic rings. The average Bonchev–Trinajstić information content (AvgIpc) is 3.05. The van der Waals surface area contributed by atoms with Gasteiger partial charge in [-0.1, -0.05) is 12.1 Å². The van der Waals surface area contributed by atoms with Crippen molar-refractivity contribution in [1.29, 1.82) is 5.26 Å². The van der Waals surface area contributed by atoms with Crippen LogP contribution in [0.5, 0.6) is 5.75 Å². The third kappa shape index (κ3) is 2.91. The summed E-state index contributed by atoms with van der Waals surface area (Å²) in [6, 6.07) is 9.52. The van der Waals surface area contributed by atoms with Gasteiger partial charge in [-0.3, -0.25) is 4.79 Å². The molecule has 0 atom stereocenters. The number of allylic oxidation sites excluding steroid dienone is 1. The molecule has 2 aromatic heterocycles. The number of benzene rings is 1. The van der Waals surface area contributed by atoms with Crippen molar-refractivity contribution in [3.63, 3.8) is 0 Å². The van der Waals surface area contributed by atoms with Crippen LogP contribution in [-0.4, -0.2) is 17.1 Å². The van der Waals surface area contributed by atoms with Gasteiger partial charge in [-0.2, -0.15) is 5.26 Å². The molecule has 0 spiro atoms. The molecule has 0 bridgehead atoms. The van der Waals surface area contributed by atoms with Crippen LogP contribution in [0, 0.1) is 11.3 Å². The second-order valence-corrected chi connectivity index (χ2v) is 7.33. The van der Waals surface area contributed by atoms with E-state index in [1.807, 2.05) is 24.3 Å². The molecule has 4 rings (SSSR count). The molecule has 1 aliphatic carbocycles. The summed E-state index contributed by atoms with van der Waals surface area (Å²) in [5.74, 6) is 1.07. The fourth-order valence-corrected chi connectivity index (χ4v) is 4.57. The summed E-state index contributed by atoms with van der Waals surface area (Å²) in [7, 11) is 1.61. The second-order valence-electron chi connectivity index (χ2n) is 6.25. The Morgan fingerprint density at radius 1 is 1.31 bits per heavy atom. The molecule has 0 fully saturated rings. The number of aryl methyl sites for hydroxylation is 2. The number of methoxy groups -OCH3 is 1. The maximum absolute atomic E-state index is 12.6. The van der Waals surface area contributed by atoms with Crippen LogP contribution in [0.1, 0.15) is 34.7 Å². The van der Waals surface area contributed by atoms with Gasteiger partial charge in [-0.15, -0.1) is 11.3 Å². The van der Waals surface area contributed by atoms with Crippen molar-refractivity contribution >= 4 is 33.2 Å². The molecular formula is C20H17N3O2S. The van der Waals surface area contributed by atoms with Crippen LogP contribution >= 0.6 is 11.3 Å². The molecule has 0 saturated heterocycles. The van der Waals surface area contributed by atoms with Crippen molar-refractivity contribution in [2.24, 2.45) is 0 Å². The number of ether oxygens (including phenoxy) is 1. The van der Waals surface area contributed by atoms with E-state index in [9.17, 15) is 10.1 Å². The van der Waals surface area contributed by atoms with E-state index >= 15 is 0 Å². The van der Waals surface area contributed by atoms with Gasteiger partial charge in [0.05, 0.1) is 18.1 Å². The van der Waals surface area contributed by atoms with Crippen LogP contribution in [0.3, 0.4) is 0 Å². The van der Waals surface area contributed by atoms with E-state index in [1.165, 1.54) is 4.88 Å². The summed E-state index contributed by atoms with van der Waals surface area (Å²) >= 11 is 1.58. The molecule has 0 saturated carbocycles. The zero-order valence-electron chi connectivity index (χ0n) is 14.3. The van der Waals surface area contributed by atoms with Crippen LogP contribution in [-0.2, 0) is 12.8 Å². The molecule has 130 valence electrons. The number of fused-ring (bicyclic) bond motifs is 3. The fourth-order valence-electron chi connectivity index (χ4n) is 3.31. The average molecular weight is 363 g/mol. The Balaban J connectivity index is 1.80. The summed E-state index contributed by atoms with van der Waals surface area (Å²) in [6.07, 6.45) is 5.94. The van der Waals surface area contributed by atoms with Gasteiger partial charge >= 0.3 is 0 Å². The minimum atomic E-state index is -0.153. The molecule has 26 heavy (non-hydrogen) atoms. The minimum absolute atomic E-state index is 0.153. The van der Waals surface area contributed by atoms with Gasteiger partial charge in [-0.25, -0.2) is 4.98 Å². The van der Waals surface area contributed by atoms with Crippen LogP contribution in [0.2, 0.25) is 0 Å². The van der Waals surface area contributed by atoms with E-state index in [1.54, 1.807) is 24.5 Å². The number of aromatic nitrogens is 2. The third-order valence-electron chi connectivity index (χ3n) is 4.63. The quantitative estimate of drug-likeness (QED) is 0.715. The second kappa shape index (κ2) is 6.77. The van der Waals surface area contributed by atoms with E-state index in [0.717, 1.165) is 47.4 Å². The lowest BCUT2D eigenvalue weighted by molar-refractivity contribution is 0.415. The Hall–Kier alpha value is -2.91. The predicted molar refractivity (Wildman–Crippen MR) is 103 cm³/mol. The van der Waals surface area contributed by atoms with E-state index < -0.39 is 0 Å². The summed E-state index contributed by atoms with van der Waals surface area (Å²) in [5.41, 5.74) is 2.17. The number of nitriles is 1. The lowest BCUT2D eigenvalue weighted by Gasteiger charge is -2.09. The number of thiophene rings is 1. The lowest BCUT2D eigenvalue weighted by atomic mass is 9.97. The summed E-state index contributed by atoms with van der Waals surface area (Å²) in [6.45, 7) is 0. The van der Waals surface area contributed by atoms with Crippen molar-refractivity contribution in [3.8, 4) is 11.8 Å². The highest BCUT2D eigenvalue weighted by Gasteiger charge is 2.20. The lowest BCUT2D eigenvalue weighted by Crippen LogP contribution is -2.12. The molecule has 0 unspecified atom stereocenters. The van der Waals surface area contributed by atoms with Crippen molar-refractivity contribution in [3.05, 3.63) is 56.4 Å². The molecule has 6 heteroatoms. The first kappa shape index (κ1) is 16.6. The smallest absolute Gasteiger partial charge is 0.260 e. The van der Waals surface area contributed by atoms with Crippen molar-refractivity contribution < 1.29 is 4.74 Å². The predicted octanol–water partition coefficient (Wildman–Crippen LogP) is 3.94. The maximum Gasteiger partial charge on any atom is 0.260 e. The third-order valence-corrected chi connectivity index (χ3v) is 5.81. The van der Waals surface area contributed by atoms with Crippen LogP contribution in [0.25, 0.3) is 21.9 Å². The first-order chi connectivity index (χ1) is 12.7. The Kier molecular flexibility index (Phi) is 4.31. The number of nitrogens with one attached hydrogen (secondary N) is 1. The number of H-pyrrole nitrogens is 1. The van der Waals surface area contributed by atoms with Gasteiger partial charge < -0.3 is 9.72 Å².